The SMILES string of the molecule is COc1ccc(/C=C/C(=O)N(c2ccccc2)C2CCSC2)cc1OC. The maximum atomic E-state index is 13.0. The minimum Gasteiger partial charge on any atom is -0.493 e. The van der Waals surface area contributed by atoms with Crippen molar-refractivity contribution in [2.75, 3.05) is 30.6 Å². The van der Waals surface area contributed by atoms with Crippen molar-refractivity contribution in [3.8, 4) is 11.5 Å². The number of benzene rings is 2. The third-order valence-electron chi connectivity index (χ3n) is 4.37. The number of methoxy groups -OCH3 is 2. The summed E-state index contributed by atoms with van der Waals surface area (Å²) in [4.78, 5) is 14.9. The summed E-state index contributed by atoms with van der Waals surface area (Å²) >= 11 is 1.90. The quantitative estimate of drug-likeness (QED) is 0.714. The van der Waals surface area contributed by atoms with Crippen LogP contribution in [0.5, 0.6) is 11.5 Å². The second-order valence-corrected chi connectivity index (χ2v) is 7.16. The molecule has 0 spiro atoms. The number of hydrogen-bond acceptors (Lipinski definition) is 4. The van der Waals surface area contributed by atoms with Crippen LogP contribution >= 0.6 is 11.8 Å². The summed E-state index contributed by atoms with van der Waals surface area (Å²) in [6.45, 7) is 0. The third kappa shape index (κ3) is 4.22. The predicted octanol–water partition coefficient (Wildman–Crippen LogP) is 4.26. The number of carbonyl (C=O) groups is 1. The van der Waals surface area contributed by atoms with Crippen LogP contribution in [0.3, 0.4) is 0 Å². The number of amides is 1. The van der Waals surface area contributed by atoms with Crippen LogP contribution in [-0.4, -0.2) is 37.7 Å². The van der Waals surface area contributed by atoms with E-state index < -0.39 is 0 Å². The van der Waals surface area contributed by atoms with Crippen LogP contribution in [0, 0.1) is 0 Å². The van der Waals surface area contributed by atoms with E-state index in [1.807, 2.05) is 71.3 Å². The minimum absolute atomic E-state index is 0.00140. The normalized spacial score (nSPS) is 16.6. The van der Waals surface area contributed by atoms with E-state index in [9.17, 15) is 4.79 Å². The van der Waals surface area contributed by atoms with E-state index in [4.69, 9.17) is 9.47 Å². The first-order valence-electron chi connectivity index (χ1n) is 8.59. The highest BCUT2D eigenvalue weighted by molar-refractivity contribution is 7.99. The molecule has 1 unspecified atom stereocenters. The maximum absolute atomic E-state index is 13.0. The molecular formula is C21H23NO3S. The Kier molecular flexibility index (Phi) is 6.23. The van der Waals surface area contributed by atoms with Crippen LogP contribution in [-0.2, 0) is 4.79 Å². The number of hydrogen-bond donors (Lipinski definition) is 0. The maximum Gasteiger partial charge on any atom is 0.251 e. The number of ether oxygens (including phenoxy) is 2. The Morgan fingerprint density at radius 1 is 1.12 bits per heavy atom. The van der Waals surface area contributed by atoms with Crippen molar-refractivity contribution in [3.63, 3.8) is 0 Å². The van der Waals surface area contributed by atoms with Crippen molar-refractivity contribution in [3.05, 3.63) is 60.2 Å². The van der Waals surface area contributed by atoms with Crippen molar-refractivity contribution in [2.45, 2.75) is 12.5 Å². The van der Waals surface area contributed by atoms with Gasteiger partial charge in [0, 0.05) is 23.6 Å². The van der Waals surface area contributed by atoms with Crippen molar-refractivity contribution in [1.82, 2.24) is 0 Å². The van der Waals surface area contributed by atoms with Crippen LogP contribution in [0.2, 0.25) is 0 Å². The summed E-state index contributed by atoms with van der Waals surface area (Å²) in [5.41, 5.74) is 1.84. The van der Waals surface area contributed by atoms with E-state index >= 15 is 0 Å². The molecule has 0 saturated carbocycles. The van der Waals surface area contributed by atoms with Crippen LogP contribution in [0.15, 0.2) is 54.6 Å². The van der Waals surface area contributed by atoms with Gasteiger partial charge in [0.15, 0.2) is 11.5 Å². The van der Waals surface area contributed by atoms with Crippen LogP contribution in [0.4, 0.5) is 5.69 Å². The van der Waals surface area contributed by atoms with Crippen molar-refractivity contribution in [1.29, 1.82) is 0 Å². The van der Waals surface area contributed by atoms with E-state index in [2.05, 4.69) is 0 Å². The fourth-order valence-electron chi connectivity index (χ4n) is 3.04. The molecule has 5 heteroatoms. The van der Waals surface area contributed by atoms with Gasteiger partial charge in [-0.15, -0.1) is 0 Å². The predicted molar refractivity (Wildman–Crippen MR) is 108 cm³/mol. The van der Waals surface area contributed by atoms with Gasteiger partial charge in [0.25, 0.3) is 5.91 Å². The summed E-state index contributed by atoms with van der Waals surface area (Å²) in [6, 6.07) is 15.7. The van der Waals surface area contributed by atoms with Crippen molar-refractivity contribution in [2.24, 2.45) is 0 Å². The highest BCUT2D eigenvalue weighted by atomic mass is 32.2. The highest BCUT2D eigenvalue weighted by Gasteiger charge is 2.27. The molecular weight excluding hydrogens is 346 g/mol. The molecule has 1 fully saturated rings. The van der Waals surface area contributed by atoms with Gasteiger partial charge < -0.3 is 14.4 Å². The smallest absolute Gasteiger partial charge is 0.251 e. The molecule has 2 aromatic carbocycles. The van der Waals surface area contributed by atoms with Crippen LogP contribution in [0.25, 0.3) is 6.08 Å². The zero-order valence-electron chi connectivity index (χ0n) is 15.1. The van der Waals surface area contributed by atoms with Gasteiger partial charge >= 0.3 is 0 Å². The Morgan fingerprint density at radius 2 is 1.88 bits per heavy atom. The van der Waals surface area contributed by atoms with Crippen molar-refractivity contribution >= 4 is 29.4 Å². The Bertz CT molecular complexity index is 770. The standard InChI is InChI=1S/C21H23NO3S/c1-24-19-10-8-16(14-20(19)25-2)9-11-21(23)22(18-12-13-26-15-18)17-6-4-3-5-7-17/h3-11,14,18H,12-13,15H2,1-2H3/b11-9+. The summed E-state index contributed by atoms with van der Waals surface area (Å²) < 4.78 is 10.6. The fraction of sp³-hybridized carbons (Fsp3) is 0.286. The molecule has 1 atom stereocenters. The molecule has 0 bridgehead atoms. The number of carbonyl (C=O) groups excluding carboxylic acids is 1. The summed E-state index contributed by atoms with van der Waals surface area (Å²) in [6.07, 6.45) is 4.48. The van der Waals surface area contributed by atoms with Gasteiger partial charge in [-0.1, -0.05) is 24.3 Å². The number of anilines is 1. The van der Waals surface area contributed by atoms with E-state index in [-0.39, 0.29) is 11.9 Å². The first-order valence-corrected chi connectivity index (χ1v) is 9.74. The van der Waals surface area contributed by atoms with Gasteiger partial charge in [-0.05, 0) is 48.1 Å². The number of rotatable bonds is 6. The molecule has 1 amide bonds. The first-order chi connectivity index (χ1) is 12.7. The zero-order chi connectivity index (χ0) is 18.4. The number of para-hydroxylation sites is 1. The monoisotopic (exact) mass is 369 g/mol. The zero-order valence-corrected chi connectivity index (χ0v) is 15.9. The minimum atomic E-state index is -0.00140. The molecule has 1 aliphatic heterocycles. The lowest BCUT2D eigenvalue weighted by Crippen LogP contribution is -2.39. The van der Waals surface area contributed by atoms with E-state index in [1.165, 1.54) is 0 Å². The summed E-state index contributed by atoms with van der Waals surface area (Å²) in [7, 11) is 3.21. The molecule has 2 aromatic rings. The molecule has 4 nitrogen and oxygen atoms in total. The molecule has 3 rings (SSSR count). The topological polar surface area (TPSA) is 38.8 Å². The van der Waals surface area contributed by atoms with Gasteiger partial charge in [-0.25, -0.2) is 0 Å². The van der Waals surface area contributed by atoms with Gasteiger partial charge in [0.05, 0.1) is 14.2 Å². The molecule has 1 aliphatic rings. The fourth-order valence-corrected chi connectivity index (χ4v) is 4.23. The lowest BCUT2D eigenvalue weighted by atomic mass is 10.1. The molecule has 0 N–H and O–H groups in total. The Morgan fingerprint density at radius 3 is 2.54 bits per heavy atom. The lowest BCUT2D eigenvalue weighted by Gasteiger charge is -2.27. The second-order valence-electron chi connectivity index (χ2n) is 6.01. The molecule has 26 heavy (non-hydrogen) atoms. The van der Waals surface area contributed by atoms with E-state index in [0.717, 1.165) is 29.2 Å². The van der Waals surface area contributed by atoms with Crippen molar-refractivity contribution < 1.29 is 14.3 Å². The molecule has 136 valence electrons. The molecule has 1 saturated heterocycles. The number of nitrogens with zero attached hydrogens (tertiary/aromatic N) is 1. The molecule has 0 aromatic heterocycles. The average molecular weight is 369 g/mol. The molecule has 0 radical (unpaired) electrons. The van der Waals surface area contributed by atoms with Gasteiger partial charge in [0.2, 0.25) is 0 Å². The van der Waals surface area contributed by atoms with Gasteiger partial charge in [-0.2, -0.15) is 11.8 Å². The number of thioether (sulfide) groups is 1. The Hall–Kier alpha value is -2.40. The highest BCUT2D eigenvalue weighted by Crippen LogP contribution is 2.29. The average Bonchev–Trinajstić information content (AvgIpc) is 3.21. The van der Waals surface area contributed by atoms with Gasteiger partial charge in [-0.3, -0.25) is 4.79 Å². The van der Waals surface area contributed by atoms with E-state index in [0.29, 0.717) is 11.5 Å². The summed E-state index contributed by atoms with van der Waals surface area (Å²) in [5.74, 6) is 3.39. The van der Waals surface area contributed by atoms with Gasteiger partial charge in [0.1, 0.15) is 0 Å². The molecule has 1 heterocycles. The largest absolute Gasteiger partial charge is 0.493 e. The van der Waals surface area contributed by atoms with Crippen LogP contribution in [0.1, 0.15) is 12.0 Å². The Balaban J connectivity index is 1.82. The molecule has 0 aliphatic carbocycles. The van der Waals surface area contributed by atoms with Crippen LogP contribution < -0.4 is 14.4 Å². The first kappa shape index (κ1) is 18.4. The second kappa shape index (κ2) is 8.81. The third-order valence-corrected chi connectivity index (χ3v) is 5.51. The lowest BCUT2D eigenvalue weighted by molar-refractivity contribution is -0.114. The summed E-state index contributed by atoms with van der Waals surface area (Å²) in [5, 5.41) is 0. The van der Waals surface area contributed by atoms with E-state index in [1.54, 1.807) is 20.3 Å². The Labute approximate surface area is 158 Å².